The van der Waals surface area contributed by atoms with Crippen LogP contribution in [0.2, 0.25) is 39.3 Å². The molecule has 0 saturated carbocycles. The lowest BCUT2D eigenvalue weighted by Crippen LogP contribution is -2.64. The first-order chi connectivity index (χ1) is 11.6. The summed E-state index contributed by atoms with van der Waals surface area (Å²) in [5.41, 5.74) is 1.42. The molecule has 1 heterocycles. The van der Waals surface area contributed by atoms with Crippen LogP contribution in [-0.4, -0.2) is 59.4 Å². The Labute approximate surface area is 156 Å². The fraction of sp³-hybridized carbons (Fsp3) is 0.700. The summed E-state index contributed by atoms with van der Waals surface area (Å²) in [6.07, 6.45) is 2.22. The van der Waals surface area contributed by atoms with Crippen LogP contribution in [0.1, 0.15) is 12.0 Å². The zero-order valence-electron chi connectivity index (χ0n) is 17.1. The molecule has 0 radical (unpaired) electrons. The number of ether oxygens (including phenoxy) is 1. The summed E-state index contributed by atoms with van der Waals surface area (Å²) in [6.45, 7) is 19.3. The minimum atomic E-state index is -1.65. The van der Waals surface area contributed by atoms with Crippen LogP contribution in [0.25, 0.3) is 0 Å². The van der Waals surface area contributed by atoms with E-state index in [1.807, 2.05) is 0 Å². The van der Waals surface area contributed by atoms with Crippen LogP contribution >= 0.6 is 0 Å². The summed E-state index contributed by atoms with van der Waals surface area (Å²) >= 11 is 0. The maximum absolute atomic E-state index is 7.03. The fourth-order valence-corrected chi connectivity index (χ4v) is 8.68. The summed E-state index contributed by atoms with van der Waals surface area (Å²) < 4.78 is 12.6. The molecule has 3 nitrogen and oxygen atoms in total. The number of rotatable bonds is 8. The minimum absolute atomic E-state index is 0.00462. The van der Waals surface area contributed by atoms with E-state index in [0.717, 1.165) is 45.7 Å². The average molecular weight is 380 g/mol. The molecule has 0 spiro atoms. The molecule has 0 aliphatic carbocycles. The third-order valence-corrected chi connectivity index (χ3v) is 9.56. The molecule has 1 aliphatic rings. The maximum atomic E-state index is 7.03. The second-order valence-corrected chi connectivity index (χ2v) is 19.2. The lowest BCUT2D eigenvalue weighted by atomic mass is 10.1. The highest BCUT2D eigenvalue weighted by Crippen LogP contribution is 2.34. The number of hydrogen-bond donors (Lipinski definition) is 0. The molecule has 1 saturated heterocycles. The molecule has 1 fully saturated rings. The standard InChI is InChI=1S/C20H37NO2Si2/c1-24(2,3)20(23-25(4,5)6,18-21-14-16-22-17-15-21)13-12-19-10-8-7-9-11-19/h7-11H,12-18H2,1-6H3. The third kappa shape index (κ3) is 6.33. The average Bonchev–Trinajstić information content (AvgIpc) is 2.52. The van der Waals surface area contributed by atoms with E-state index in [4.69, 9.17) is 9.16 Å². The van der Waals surface area contributed by atoms with Crippen molar-refractivity contribution in [2.24, 2.45) is 0 Å². The molecule has 1 aromatic carbocycles. The van der Waals surface area contributed by atoms with Gasteiger partial charge in [0.05, 0.1) is 26.5 Å². The van der Waals surface area contributed by atoms with Gasteiger partial charge in [-0.25, -0.2) is 0 Å². The molecule has 2 rings (SSSR count). The van der Waals surface area contributed by atoms with Crippen LogP contribution in [0.3, 0.4) is 0 Å². The Morgan fingerprint density at radius 2 is 1.60 bits per heavy atom. The summed E-state index contributed by atoms with van der Waals surface area (Å²) in [5.74, 6) is 0. The molecule has 0 bridgehead atoms. The van der Waals surface area contributed by atoms with Gasteiger partial charge >= 0.3 is 0 Å². The molecule has 0 amide bonds. The molecule has 25 heavy (non-hydrogen) atoms. The van der Waals surface area contributed by atoms with Gasteiger partial charge in [-0.2, -0.15) is 0 Å². The highest BCUT2D eigenvalue weighted by Gasteiger charge is 2.47. The van der Waals surface area contributed by atoms with Crippen LogP contribution in [0.5, 0.6) is 0 Å². The highest BCUT2D eigenvalue weighted by atomic mass is 28.4. The first kappa shape index (κ1) is 20.8. The van der Waals surface area contributed by atoms with E-state index in [0.29, 0.717) is 0 Å². The van der Waals surface area contributed by atoms with Gasteiger partial charge in [-0.1, -0.05) is 50.0 Å². The monoisotopic (exact) mass is 379 g/mol. The van der Waals surface area contributed by atoms with E-state index < -0.39 is 16.4 Å². The maximum Gasteiger partial charge on any atom is 0.184 e. The predicted octanol–water partition coefficient (Wildman–Crippen LogP) is 4.42. The van der Waals surface area contributed by atoms with Crippen LogP contribution in [-0.2, 0) is 15.6 Å². The predicted molar refractivity (Wildman–Crippen MR) is 113 cm³/mol. The van der Waals surface area contributed by atoms with Gasteiger partial charge in [-0.05, 0) is 38.0 Å². The fourth-order valence-electron chi connectivity index (χ4n) is 3.63. The van der Waals surface area contributed by atoms with Crippen molar-refractivity contribution >= 4 is 16.4 Å². The molecule has 0 aromatic heterocycles. The molecule has 1 unspecified atom stereocenters. The summed E-state index contributed by atoms with van der Waals surface area (Å²) in [4.78, 5) is 2.58. The van der Waals surface area contributed by atoms with E-state index in [1.165, 1.54) is 5.56 Å². The number of aryl methyl sites for hydroxylation is 1. The quantitative estimate of drug-likeness (QED) is 0.624. The van der Waals surface area contributed by atoms with E-state index in [2.05, 4.69) is 74.5 Å². The zero-order chi connectivity index (χ0) is 18.6. The normalized spacial score (nSPS) is 19.6. The van der Waals surface area contributed by atoms with Gasteiger partial charge in [0.2, 0.25) is 0 Å². The lowest BCUT2D eigenvalue weighted by molar-refractivity contribution is 0.00266. The van der Waals surface area contributed by atoms with E-state index in [-0.39, 0.29) is 5.22 Å². The Kier molecular flexibility index (Phi) is 7.07. The Balaban J connectivity index is 2.24. The summed E-state index contributed by atoms with van der Waals surface area (Å²) in [5, 5.41) is 0.00462. The van der Waals surface area contributed by atoms with E-state index in [1.54, 1.807) is 0 Å². The molecule has 1 aliphatic heterocycles. The summed E-state index contributed by atoms with van der Waals surface area (Å²) in [6, 6.07) is 10.9. The van der Waals surface area contributed by atoms with Crippen molar-refractivity contribution < 1.29 is 9.16 Å². The van der Waals surface area contributed by atoms with Gasteiger partial charge in [0, 0.05) is 19.6 Å². The third-order valence-electron chi connectivity index (χ3n) is 5.11. The van der Waals surface area contributed by atoms with Crippen LogP contribution < -0.4 is 0 Å². The Bertz CT molecular complexity index is 519. The molecule has 1 atom stereocenters. The minimum Gasteiger partial charge on any atom is -0.414 e. The number of nitrogens with zero attached hydrogens (tertiary/aromatic N) is 1. The highest BCUT2D eigenvalue weighted by molar-refractivity contribution is 6.80. The molecular weight excluding hydrogens is 342 g/mol. The van der Waals surface area contributed by atoms with Gasteiger partial charge in [0.1, 0.15) is 0 Å². The molecule has 5 heteroatoms. The van der Waals surface area contributed by atoms with Crippen LogP contribution in [0.4, 0.5) is 0 Å². The molecule has 1 aromatic rings. The van der Waals surface area contributed by atoms with Crippen molar-refractivity contribution in [3.8, 4) is 0 Å². The van der Waals surface area contributed by atoms with Gasteiger partial charge in [-0.15, -0.1) is 0 Å². The van der Waals surface area contributed by atoms with Gasteiger partial charge in [0.15, 0.2) is 8.32 Å². The first-order valence-electron chi connectivity index (χ1n) is 9.66. The van der Waals surface area contributed by atoms with Crippen molar-refractivity contribution in [3.05, 3.63) is 35.9 Å². The largest absolute Gasteiger partial charge is 0.414 e. The van der Waals surface area contributed by atoms with Crippen LogP contribution in [0.15, 0.2) is 30.3 Å². The smallest absolute Gasteiger partial charge is 0.184 e. The number of morpholine rings is 1. The van der Waals surface area contributed by atoms with Crippen LogP contribution in [0, 0.1) is 0 Å². The van der Waals surface area contributed by atoms with Crippen molar-refractivity contribution in [1.82, 2.24) is 4.90 Å². The number of benzene rings is 1. The Hall–Kier alpha value is -0.466. The topological polar surface area (TPSA) is 21.7 Å². The molecular formula is C20H37NO2Si2. The van der Waals surface area contributed by atoms with Gasteiger partial charge < -0.3 is 9.16 Å². The van der Waals surface area contributed by atoms with E-state index >= 15 is 0 Å². The van der Waals surface area contributed by atoms with Crippen molar-refractivity contribution in [2.75, 3.05) is 32.8 Å². The Morgan fingerprint density at radius 1 is 1.00 bits per heavy atom. The second kappa shape index (κ2) is 8.48. The number of hydrogen-bond acceptors (Lipinski definition) is 3. The first-order valence-corrected chi connectivity index (χ1v) is 16.6. The Morgan fingerprint density at radius 3 is 2.12 bits per heavy atom. The molecule has 142 valence electrons. The zero-order valence-corrected chi connectivity index (χ0v) is 19.1. The van der Waals surface area contributed by atoms with Crippen molar-refractivity contribution in [2.45, 2.75) is 57.3 Å². The molecule has 0 N–H and O–H groups in total. The van der Waals surface area contributed by atoms with Gasteiger partial charge in [-0.3, -0.25) is 4.90 Å². The van der Waals surface area contributed by atoms with E-state index in [9.17, 15) is 0 Å². The summed E-state index contributed by atoms with van der Waals surface area (Å²) in [7, 11) is -3.20. The second-order valence-electron chi connectivity index (χ2n) is 9.33. The van der Waals surface area contributed by atoms with Gasteiger partial charge in [0.25, 0.3) is 0 Å². The van der Waals surface area contributed by atoms with Crippen molar-refractivity contribution in [1.29, 1.82) is 0 Å². The lowest BCUT2D eigenvalue weighted by Gasteiger charge is -2.50. The van der Waals surface area contributed by atoms with Crippen molar-refractivity contribution in [3.63, 3.8) is 0 Å². The SMILES string of the molecule is C[Si](C)(C)OC(CCc1ccccc1)(CN1CCOCC1)[Si](C)(C)C.